The minimum Gasteiger partial charge on any atom is -0.319 e. The van der Waals surface area contributed by atoms with Crippen LogP contribution in [0.25, 0.3) is 10.8 Å². The molecule has 0 aromatic heterocycles. The largest absolute Gasteiger partial charge is 0.319 e. The highest BCUT2D eigenvalue weighted by Gasteiger charge is 2.07. The van der Waals surface area contributed by atoms with E-state index >= 15 is 0 Å². The Morgan fingerprint density at radius 2 is 1.65 bits per heavy atom. The number of rotatable bonds is 2. The number of nitrogens with one attached hydrogen (secondary N) is 1. The third-order valence-corrected chi connectivity index (χ3v) is 2.57. The Balaban J connectivity index is 2.35. The molecule has 2 aromatic carbocycles. The number of hydrogen-bond acceptors (Lipinski definition) is 2. The highest BCUT2D eigenvalue weighted by molar-refractivity contribution is 6.39. The van der Waals surface area contributed by atoms with E-state index in [0.717, 1.165) is 10.8 Å². The van der Waals surface area contributed by atoms with E-state index < -0.39 is 11.7 Å². The number of carbonyl (C=O) groups is 2. The number of fused-ring (bicyclic) bond motifs is 1. The monoisotopic (exact) mass is 227 g/mol. The lowest BCUT2D eigenvalue weighted by Gasteiger charge is -2.05. The molecule has 0 bridgehead atoms. The molecule has 0 fully saturated rings. The SMILES string of the molecule is CC(=O)C(=O)Nc1ccc2cc(C)ccc2c1. The minimum atomic E-state index is -0.587. The van der Waals surface area contributed by atoms with E-state index in [0.29, 0.717) is 5.69 Å². The molecule has 0 saturated carbocycles. The molecule has 3 nitrogen and oxygen atoms in total. The second-order valence-electron chi connectivity index (χ2n) is 4.08. The summed E-state index contributed by atoms with van der Waals surface area (Å²) in [6.45, 7) is 3.28. The van der Waals surface area contributed by atoms with Crippen molar-refractivity contribution in [1.29, 1.82) is 0 Å². The van der Waals surface area contributed by atoms with E-state index in [9.17, 15) is 9.59 Å². The zero-order valence-corrected chi connectivity index (χ0v) is 9.78. The maximum Gasteiger partial charge on any atom is 0.291 e. The molecule has 0 aliphatic carbocycles. The van der Waals surface area contributed by atoms with Crippen molar-refractivity contribution in [2.24, 2.45) is 0 Å². The Bertz CT molecular complexity index is 602. The molecule has 0 aliphatic heterocycles. The van der Waals surface area contributed by atoms with Gasteiger partial charge in [0.2, 0.25) is 5.78 Å². The maximum atomic E-state index is 11.2. The number of hydrogen-bond donors (Lipinski definition) is 1. The highest BCUT2D eigenvalue weighted by atomic mass is 16.2. The summed E-state index contributed by atoms with van der Waals surface area (Å²) in [6.07, 6.45) is 0. The number of aryl methyl sites for hydroxylation is 1. The van der Waals surface area contributed by atoms with Gasteiger partial charge in [-0.15, -0.1) is 0 Å². The van der Waals surface area contributed by atoms with Gasteiger partial charge in [0.15, 0.2) is 0 Å². The molecule has 0 unspecified atom stereocenters. The number of ketones is 1. The first-order chi connectivity index (χ1) is 8.06. The number of benzene rings is 2. The molecule has 17 heavy (non-hydrogen) atoms. The first-order valence-electron chi connectivity index (χ1n) is 5.38. The van der Waals surface area contributed by atoms with Crippen LogP contribution in [0.4, 0.5) is 5.69 Å². The summed E-state index contributed by atoms with van der Waals surface area (Å²) in [7, 11) is 0. The van der Waals surface area contributed by atoms with Crippen LogP contribution in [0, 0.1) is 6.92 Å². The van der Waals surface area contributed by atoms with E-state index in [4.69, 9.17) is 0 Å². The summed E-state index contributed by atoms with van der Waals surface area (Å²) >= 11 is 0. The van der Waals surface area contributed by atoms with Gasteiger partial charge in [-0.2, -0.15) is 0 Å². The standard InChI is InChI=1S/C14H13NO2/c1-9-3-4-12-8-13(6-5-11(12)7-9)15-14(17)10(2)16/h3-8H,1-2H3,(H,15,17). The fourth-order valence-corrected chi connectivity index (χ4v) is 1.66. The molecule has 2 rings (SSSR count). The average molecular weight is 227 g/mol. The van der Waals surface area contributed by atoms with Crippen LogP contribution in [0.3, 0.4) is 0 Å². The third kappa shape index (κ3) is 2.50. The van der Waals surface area contributed by atoms with Crippen molar-refractivity contribution >= 4 is 28.2 Å². The van der Waals surface area contributed by atoms with Crippen molar-refractivity contribution in [3.8, 4) is 0 Å². The van der Waals surface area contributed by atoms with E-state index in [1.165, 1.54) is 12.5 Å². The van der Waals surface area contributed by atoms with Crippen molar-refractivity contribution in [2.45, 2.75) is 13.8 Å². The molecule has 0 atom stereocenters. The Morgan fingerprint density at radius 1 is 1.00 bits per heavy atom. The zero-order chi connectivity index (χ0) is 12.4. The van der Waals surface area contributed by atoms with Crippen LogP contribution in [0.1, 0.15) is 12.5 Å². The molecule has 2 aromatic rings. The molecule has 86 valence electrons. The molecule has 0 spiro atoms. The normalized spacial score (nSPS) is 10.2. The van der Waals surface area contributed by atoms with Gasteiger partial charge in [-0.25, -0.2) is 0 Å². The van der Waals surface area contributed by atoms with Crippen molar-refractivity contribution in [3.63, 3.8) is 0 Å². The summed E-state index contributed by atoms with van der Waals surface area (Å²) < 4.78 is 0. The lowest BCUT2D eigenvalue weighted by molar-refractivity contribution is -0.133. The van der Waals surface area contributed by atoms with Gasteiger partial charge in [-0.3, -0.25) is 9.59 Å². The van der Waals surface area contributed by atoms with E-state index in [1.54, 1.807) is 6.07 Å². The number of amides is 1. The summed E-state index contributed by atoms with van der Waals surface area (Å²) in [5.41, 5.74) is 1.83. The number of anilines is 1. The fourth-order valence-electron chi connectivity index (χ4n) is 1.66. The van der Waals surface area contributed by atoms with Crippen LogP contribution in [0.15, 0.2) is 36.4 Å². The number of carbonyl (C=O) groups excluding carboxylic acids is 2. The maximum absolute atomic E-state index is 11.2. The molecule has 0 aliphatic rings. The molecular formula is C14H13NO2. The van der Waals surface area contributed by atoms with Crippen molar-refractivity contribution in [3.05, 3.63) is 42.0 Å². The van der Waals surface area contributed by atoms with Gasteiger partial charge in [-0.05, 0) is 29.8 Å². The molecule has 1 N–H and O–H groups in total. The van der Waals surface area contributed by atoms with Crippen molar-refractivity contribution in [1.82, 2.24) is 0 Å². The van der Waals surface area contributed by atoms with Gasteiger partial charge >= 0.3 is 0 Å². The van der Waals surface area contributed by atoms with Crippen molar-refractivity contribution in [2.75, 3.05) is 5.32 Å². The number of Topliss-reactive ketones (excluding diaryl/α,β-unsaturated/α-hetero) is 1. The average Bonchev–Trinajstić information content (AvgIpc) is 2.29. The first-order valence-corrected chi connectivity index (χ1v) is 5.38. The van der Waals surface area contributed by atoms with E-state index in [2.05, 4.69) is 11.4 Å². The highest BCUT2D eigenvalue weighted by Crippen LogP contribution is 2.20. The predicted octanol–water partition coefficient (Wildman–Crippen LogP) is 2.68. The second kappa shape index (κ2) is 4.37. The van der Waals surface area contributed by atoms with Gasteiger partial charge in [0.25, 0.3) is 5.91 Å². The van der Waals surface area contributed by atoms with Crippen molar-refractivity contribution < 1.29 is 9.59 Å². The van der Waals surface area contributed by atoms with Crippen LogP contribution in [0.2, 0.25) is 0 Å². The lowest BCUT2D eigenvalue weighted by atomic mass is 10.1. The summed E-state index contributed by atoms with van der Waals surface area (Å²) in [4.78, 5) is 22.1. The molecule has 0 saturated heterocycles. The topological polar surface area (TPSA) is 46.2 Å². The van der Waals surface area contributed by atoms with Crippen LogP contribution in [0.5, 0.6) is 0 Å². The Kier molecular flexibility index (Phi) is 2.91. The zero-order valence-electron chi connectivity index (χ0n) is 9.78. The molecular weight excluding hydrogens is 214 g/mol. The molecule has 3 heteroatoms. The van der Waals surface area contributed by atoms with Crippen LogP contribution >= 0.6 is 0 Å². The van der Waals surface area contributed by atoms with Crippen LogP contribution in [-0.2, 0) is 9.59 Å². The fraction of sp³-hybridized carbons (Fsp3) is 0.143. The molecule has 0 heterocycles. The first kappa shape index (κ1) is 11.3. The minimum absolute atomic E-state index is 0.492. The van der Waals surface area contributed by atoms with Gasteiger partial charge in [0.05, 0.1) is 0 Å². The van der Waals surface area contributed by atoms with Gasteiger partial charge in [0.1, 0.15) is 0 Å². The van der Waals surface area contributed by atoms with E-state index in [-0.39, 0.29) is 0 Å². The summed E-state index contributed by atoms with van der Waals surface area (Å²) in [5.74, 6) is -1.08. The lowest BCUT2D eigenvalue weighted by Crippen LogP contribution is -2.19. The Hall–Kier alpha value is -2.16. The predicted molar refractivity (Wildman–Crippen MR) is 68.0 cm³/mol. The third-order valence-electron chi connectivity index (χ3n) is 2.57. The van der Waals surface area contributed by atoms with Crippen LogP contribution in [-0.4, -0.2) is 11.7 Å². The van der Waals surface area contributed by atoms with E-state index in [1.807, 2.05) is 31.2 Å². The van der Waals surface area contributed by atoms with Crippen LogP contribution < -0.4 is 5.32 Å². The molecule has 1 amide bonds. The molecule has 0 radical (unpaired) electrons. The van der Waals surface area contributed by atoms with Gasteiger partial charge in [-0.1, -0.05) is 29.8 Å². The Morgan fingerprint density at radius 3 is 2.35 bits per heavy atom. The second-order valence-corrected chi connectivity index (χ2v) is 4.08. The smallest absolute Gasteiger partial charge is 0.291 e. The summed E-state index contributed by atoms with van der Waals surface area (Å²) in [5, 5.41) is 4.71. The Labute approximate surface area is 99.4 Å². The quantitative estimate of drug-likeness (QED) is 0.802. The van der Waals surface area contributed by atoms with Gasteiger partial charge < -0.3 is 5.32 Å². The van der Waals surface area contributed by atoms with Gasteiger partial charge in [0, 0.05) is 12.6 Å². The summed E-state index contributed by atoms with van der Waals surface area (Å²) in [6, 6.07) is 11.7.